The third kappa shape index (κ3) is 1.84. The molecule has 0 aromatic carbocycles. The van der Waals surface area contributed by atoms with E-state index in [4.69, 9.17) is 4.74 Å². The molecule has 0 amide bonds. The average molecular weight is 205 g/mol. The molecule has 1 aromatic heterocycles. The van der Waals surface area contributed by atoms with E-state index in [1.54, 1.807) is 7.05 Å². The van der Waals surface area contributed by atoms with Crippen molar-refractivity contribution < 1.29 is 13.5 Å². The monoisotopic (exact) mass is 205 g/mol. The van der Waals surface area contributed by atoms with Crippen molar-refractivity contribution in [2.75, 3.05) is 14.2 Å². The van der Waals surface area contributed by atoms with Gasteiger partial charge in [0.15, 0.2) is 5.75 Å². The summed E-state index contributed by atoms with van der Waals surface area (Å²) in [4.78, 5) is 0. The Bertz CT molecular complexity index is 301. The van der Waals surface area contributed by atoms with Gasteiger partial charge in [0.25, 0.3) is 6.43 Å². The lowest BCUT2D eigenvalue weighted by atomic mass is 10.2. The van der Waals surface area contributed by atoms with Crippen LogP contribution in [0.15, 0.2) is 6.20 Å². The Hall–Kier alpha value is -1.17. The molecule has 0 aliphatic rings. The number of halogens is 2. The van der Waals surface area contributed by atoms with Crippen LogP contribution < -0.4 is 10.1 Å². The number of aryl methyl sites for hydroxylation is 1. The van der Waals surface area contributed by atoms with Crippen molar-refractivity contribution in [3.8, 4) is 5.75 Å². The molecule has 0 aliphatic carbocycles. The first kappa shape index (κ1) is 10.9. The van der Waals surface area contributed by atoms with Crippen LogP contribution in [0.2, 0.25) is 0 Å². The summed E-state index contributed by atoms with van der Waals surface area (Å²) >= 11 is 0. The zero-order chi connectivity index (χ0) is 10.7. The van der Waals surface area contributed by atoms with Crippen molar-refractivity contribution in [2.24, 2.45) is 7.05 Å². The molecule has 1 N–H and O–H groups in total. The lowest BCUT2D eigenvalue weighted by Crippen LogP contribution is -2.26. The highest BCUT2D eigenvalue weighted by atomic mass is 19.3. The molecule has 0 saturated heterocycles. The highest BCUT2D eigenvalue weighted by molar-refractivity contribution is 5.28. The van der Waals surface area contributed by atoms with E-state index in [9.17, 15) is 8.78 Å². The smallest absolute Gasteiger partial charge is 0.259 e. The van der Waals surface area contributed by atoms with Crippen LogP contribution in [0.25, 0.3) is 0 Å². The van der Waals surface area contributed by atoms with Gasteiger partial charge in [-0.2, -0.15) is 5.10 Å². The number of rotatable bonds is 4. The summed E-state index contributed by atoms with van der Waals surface area (Å²) in [5.74, 6) is 0.368. The average Bonchev–Trinajstić information content (AvgIpc) is 2.49. The minimum atomic E-state index is -2.50. The van der Waals surface area contributed by atoms with E-state index in [-0.39, 0.29) is 0 Å². The van der Waals surface area contributed by atoms with Gasteiger partial charge in [-0.15, -0.1) is 0 Å². The minimum Gasteiger partial charge on any atom is -0.493 e. The molecule has 1 atom stereocenters. The third-order valence-corrected chi connectivity index (χ3v) is 2.03. The fourth-order valence-electron chi connectivity index (χ4n) is 1.32. The predicted molar refractivity (Wildman–Crippen MR) is 47.6 cm³/mol. The maximum Gasteiger partial charge on any atom is 0.259 e. The summed E-state index contributed by atoms with van der Waals surface area (Å²) in [6, 6.07) is -1.06. The summed E-state index contributed by atoms with van der Waals surface area (Å²) < 4.78 is 31.5. The molecule has 0 saturated carbocycles. The molecule has 0 aliphatic heterocycles. The highest BCUT2D eigenvalue weighted by Gasteiger charge is 2.27. The normalized spacial score (nSPS) is 13.3. The van der Waals surface area contributed by atoms with Crippen molar-refractivity contribution >= 4 is 0 Å². The third-order valence-electron chi connectivity index (χ3n) is 2.03. The molecule has 0 radical (unpaired) electrons. The lowest BCUT2D eigenvalue weighted by Gasteiger charge is -2.16. The summed E-state index contributed by atoms with van der Waals surface area (Å²) in [6.07, 6.45) is -1.08. The SMILES string of the molecule is CNC(c1c(OC)cnn1C)C(F)F. The molecular weight excluding hydrogens is 192 g/mol. The maximum atomic E-state index is 12.6. The quantitative estimate of drug-likeness (QED) is 0.795. The first-order chi connectivity index (χ1) is 6.61. The van der Waals surface area contributed by atoms with Crippen molar-refractivity contribution in [1.82, 2.24) is 15.1 Å². The van der Waals surface area contributed by atoms with Crippen LogP contribution in [0.1, 0.15) is 11.7 Å². The first-order valence-corrected chi connectivity index (χ1v) is 4.13. The molecule has 0 fully saturated rings. The molecule has 1 aromatic rings. The first-order valence-electron chi connectivity index (χ1n) is 4.13. The largest absolute Gasteiger partial charge is 0.493 e. The Balaban J connectivity index is 3.07. The van der Waals surface area contributed by atoms with Gasteiger partial charge in [0.2, 0.25) is 0 Å². The number of aromatic nitrogens is 2. The predicted octanol–water partition coefficient (Wildman–Crippen LogP) is 0.954. The number of nitrogens with one attached hydrogen (secondary N) is 1. The van der Waals surface area contributed by atoms with Crippen molar-refractivity contribution in [1.29, 1.82) is 0 Å². The van der Waals surface area contributed by atoms with Gasteiger partial charge in [0, 0.05) is 7.05 Å². The van der Waals surface area contributed by atoms with Crippen molar-refractivity contribution in [2.45, 2.75) is 12.5 Å². The van der Waals surface area contributed by atoms with Crippen LogP contribution in [0.4, 0.5) is 8.78 Å². The fourth-order valence-corrected chi connectivity index (χ4v) is 1.32. The minimum absolute atomic E-state index is 0.352. The number of hydrogen-bond acceptors (Lipinski definition) is 3. The Labute approximate surface area is 80.9 Å². The van der Waals surface area contributed by atoms with Gasteiger partial charge in [0.05, 0.1) is 13.3 Å². The van der Waals surface area contributed by atoms with E-state index in [1.165, 1.54) is 25.0 Å². The molecule has 0 bridgehead atoms. The van der Waals surface area contributed by atoms with Crippen LogP contribution in [0.5, 0.6) is 5.75 Å². The van der Waals surface area contributed by atoms with Crippen molar-refractivity contribution in [3.05, 3.63) is 11.9 Å². The van der Waals surface area contributed by atoms with Gasteiger partial charge in [-0.05, 0) is 7.05 Å². The zero-order valence-corrected chi connectivity index (χ0v) is 8.29. The van der Waals surface area contributed by atoms with E-state index >= 15 is 0 Å². The van der Waals surface area contributed by atoms with E-state index < -0.39 is 12.5 Å². The standard InChI is InChI=1S/C8H13F2N3O/c1-11-6(8(9)10)7-5(14-3)4-12-13(7)2/h4,6,8,11H,1-3H3. The van der Waals surface area contributed by atoms with Gasteiger partial charge >= 0.3 is 0 Å². The molecule has 1 rings (SSSR count). The van der Waals surface area contributed by atoms with Crippen LogP contribution in [0, 0.1) is 0 Å². The molecule has 80 valence electrons. The van der Waals surface area contributed by atoms with Crippen molar-refractivity contribution in [3.63, 3.8) is 0 Å². The fraction of sp³-hybridized carbons (Fsp3) is 0.625. The number of methoxy groups -OCH3 is 1. The summed E-state index contributed by atoms with van der Waals surface area (Å²) in [5, 5.41) is 6.39. The van der Waals surface area contributed by atoms with E-state index in [0.717, 1.165) is 0 Å². The van der Waals surface area contributed by atoms with E-state index in [2.05, 4.69) is 10.4 Å². The second kappa shape index (κ2) is 4.36. The van der Waals surface area contributed by atoms with Crippen LogP contribution in [0.3, 0.4) is 0 Å². The Morgan fingerprint density at radius 2 is 2.21 bits per heavy atom. The summed E-state index contributed by atoms with van der Waals surface area (Å²) in [5.41, 5.74) is 0.352. The second-order valence-corrected chi connectivity index (χ2v) is 2.82. The summed E-state index contributed by atoms with van der Waals surface area (Å²) in [6.45, 7) is 0. The topological polar surface area (TPSA) is 39.1 Å². The van der Waals surface area contributed by atoms with Gasteiger partial charge in [-0.1, -0.05) is 0 Å². The molecule has 1 unspecified atom stereocenters. The Morgan fingerprint density at radius 1 is 1.57 bits per heavy atom. The van der Waals surface area contributed by atoms with Crippen LogP contribution in [-0.4, -0.2) is 30.4 Å². The van der Waals surface area contributed by atoms with Gasteiger partial charge in [-0.3, -0.25) is 4.68 Å². The van der Waals surface area contributed by atoms with E-state index in [0.29, 0.717) is 11.4 Å². The molecule has 6 heteroatoms. The lowest BCUT2D eigenvalue weighted by molar-refractivity contribution is 0.0972. The molecular formula is C8H13F2N3O. The number of ether oxygens (including phenoxy) is 1. The second-order valence-electron chi connectivity index (χ2n) is 2.82. The molecule has 1 heterocycles. The van der Waals surface area contributed by atoms with Gasteiger partial charge < -0.3 is 10.1 Å². The van der Waals surface area contributed by atoms with Crippen LogP contribution >= 0.6 is 0 Å². The van der Waals surface area contributed by atoms with Gasteiger partial charge in [0.1, 0.15) is 11.7 Å². The molecule has 4 nitrogen and oxygen atoms in total. The van der Waals surface area contributed by atoms with Gasteiger partial charge in [-0.25, -0.2) is 8.78 Å². The number of alkyl halides is 2. The zero-order valence-electron chi connectivity index (χ0n) is 8.29. The highest BCUT2D eigenvalue weighted by Crippen LogP contribution is 2.27. The molecule has 14 heavy (non-hydrogen) atoms. The van der Waals surface area contributed by atoms with E-state index in [1.807, 2.05) is 0 Å². The summed E-state index contributed by atoms with van der Waals surface area (Å²) in [7, 11) is 4.51. The number of nitrogens with zero attached hydrogens (tertiary/aromatic N) is 2. The number of hydrogen-bond donors (Lipinski definition) is 1. The van der Waals surface area contributed by atoms with Crippen LogP contribution in [-0.2, 0) is 7.05 Å². The molecule has 0 spiro atoms. The Morgan fingerprint density at radius 3 is 2.64 bits per heavy atom. The Kier molecular flexibility index (Phi) is 3.40. The maximum absolute atomic E-state index is 12.6.